The molecule has 74 valence electrons. The van der Waals surface area contributed by atoms with Crippen LogP contribution in [0.1, 0.15) is 19.3 Å². The number of fused-ring (bicyclic) bond motifs is 3. The number of carboxylic acid groups (broad SMARTS) is 1. The Hall–Kier alpha value is -0.770. The van der Waals surface area contributed by atoms with E-state index in [2.05, 4.69) is 5.32 Å². The van der Waals surface area contributed by atoms with Crippen molar-refractivity contribution in [3.63, 3.8) is 0 Å². The maximum absolute atomic E-state index is 10.9. The van der Waals surface area contributed by atoms with Gasteiger partial charge in [0.25, 0.3) is 0 Å². The molecule has 2 fully saturated rings. The first-order valence-electron chi connectivity index (χ1n) is 4.97. The number of hydrogen-bond acceptors (Lipinski definition) is 2. The molecule has 2 heterocycles. The minimum atomic E-state index is -0.749. The van der Waals surface area contributed by atoms with Crippen LogP contribution in [0.4, 0.5) is 4.79 Å². The quantitative estimate of drug-likeness (QED) is 0.583. The monoisotopic (exact) mass is 184 g/mol. The second-order valence-electron chi connectivity index (χ2n) is 4.04. The summed E-state index contributed by atoms with van der Waals surface area (Å²) in [5, 5.41) is 12.3. The summed E-state index contributed by atoms with van der Waals surface area (Å²) >= 11 is 0. The maximum atomic E-state index is 10.9. The Labute approximate surface area is 77.9 Å². The van der Waals surface area contributed by atoms with Crippen molar-refractivity contribution >= 4 is 6.09 Å². The van der Waals surface area contributed by atoms with Crippen LogP contribution in [-0.2, 0) is 0 Å². The third-order valence-electron chi connectivity index (χ3n) is 3.10. The minimum Gasteiger partial charge on any atom is -0.465 e. The van der Waals surface area contributed by atoms with Crippen LogP contribution >= 0.6 is 0 Å². The summed E-state index contributed by atoms with van der Waals surface area (Å²) in [7, 11) is 0. The predicted octanol–water partition coefficient (Wildman–Crippen LogP) is 0.738. The predicted molar refractivity (Wildman–Crippen MR) is 48.7 cm³/mol. The first-order chi connectivity index (χ1) is 6.27. The lowest BCUT2D eigenvalue weighted by atomic mass is 10.0. The van der Waals surface area contributed by atoms with Crippen LogP contribution in [-0.4, -0.2) is 41.8 Å². The topological polar surface area (TPSA) is 52.6 Å². The Morgan fingerprint density at radius 2 is 2.23 bits per heavy atom. The van der Waals surface area contributed by atoms with Gasteiger partial charge in [-0.15, -0.1) is 0 Å². The number of carbonyl (C=O) groups is 1. The molecule has 2 aliphatic rings. The van der Waals surface area contributed by atoms with E-state index in [1.807, 2.05) is 0 Å². The first kappa shape index (κ1) is 8.81. The van der Waals surface area contributed by atoms with E-state index in [1.54, 1.807) is 4.90 Å². The lowest BCUT2D eigenvalue weighted by Gasteiger charge is -2.25. The molecule has 13 heavy (non-hydrogen) atoms. The summed E-state index contributed by atoms with van der Waals surface area (Å²) in [4.78, 5) is 12.6. The normalized spacial score (nSPS) is 34.0. The molecule has 2 aliphatic heterocycles. The highest BCUT2D eigenvalue weighted by atomic mass is 16.4. The van der Waals surface area contributed by atoms with E-state index in [9.17, 15) is 4.79 Å². The van der Waals surface area contributed by atoms with E-state index < -0.39 is 6.09 Å². The molecule has 0 aliphatic carbocycles. The van der Waals surface area contributed by atoms with Crippen LogP contribution in [0.15, 0.2) is 0 Å². The Morgan fingerprint density at radius 1 is 1.38 bits per heavy atom. The molecule has 2 N–H and O–H groups in total. The summed E-state index contributed by atoms with van der Waals surface area (Å²) in [5.74, 6) is 0.531. The Kier molecular flexibility index (Phi) is 2.40. The molecule has 2 atom stereocenters. The van der Waals surface area contributed by atoms with E-state index in [-0.39, 0.29) is 6.04 Å². The van der Waals surface area contributed by atoms with Crippen LogP contribution < -0.4 is 5.32 Å². The average Bonchev–Trinajstić information content (AvgIpc) is 2.32. The number of nitrogens with one attached hydrogen (secondary N) is 1. The number of nitrogens with zero attached hydrogens (tertiary/aromatic N) is 1. The van der Waals surface area contributed by atoms with Gasteiger partial charge in [-0.25, -0.2) is 4.79 Å². The molecule has 2 rings (SSSR count). The fourth-order valence-corrected chi connectivity index (χ4v) is 2.38. The van der Waals surface area contributed by atoms with E-state index >= 15 is 0 Å². The van der Waals surface area contributed by atoms with Gasteiger partial charge in [0.2, 0.25) is 0 Å². The molecule has 2 unspecified atom stereocenters. The minimum absolute atomic E-state index is 0.213. The molecule has 0 aromatic rings. The molecule has 2 bridgehead atoms. The van der Waals surface area contributed by atoms with Crippen LogP contribution in [0.25, 0.3) is 0 Å². The molecule has 4 heteroatoms. The molecule has 4 nitrogen and oxygen atoms in total. The van der Waals surface area contributed by atoms with Crippen molar-refractivity contribution in [1.29, 1.82) is 0 Å². The van der Waals surface area contributed by atoms with Gasteiger partial charge in [0.05, 0.1) is 0 Å². The van der Waals surface area contributed by atoms with Gasteiger partial charge in [0, 0.05) is 19.1 Å². The Morgan fingerprint density at radius 3 is 3.00 bits per heavy atom. The smallest absolute Gasteiger partial charge is 0.407 e. The zero-order valence-electron chi connectivity index (χ0n) is 7.70. The number of rotatable bonds is 0. The fourth-order valence-electron chi connectivity index (χ4n) is 2.38. The molecule has 2 saturated heterocycles. The van der Waals surface area contributed by atoms with Gasteiger partial charge < -0.3 is 15.3 Å². The van der Waals surface area contributed by atoms with Crippen molar-refractivity contribution in [2.24, 2.45) is 5.92 Å². The molecule has 0 aromatic carbocycles. The van der Waals surface area contributed by atoms with Gasteiger partial charge in [0.1, 0.15) is 0 Å². The molecule has 0 spiro atoms. The second-order valence-corrected chi connectivity index (χ2v) is 4.04. The van der Waals surface area contributed by atoms with Gasteiger partial charge in [-0.1, -0.05) is 6.42 Å². The third-order valence-corrected chi connectivity index (χ3v) is 3.10. The van der Waals surface area contributed by atoms with Crippen molar-refractivity contribution < 1.29 is 9.90 Å². The van der Waals surface area contributed by atoms with Crippen molar-refractivity contribution in [1.82, 2.24) is 10.2 Å². The highest BCUT2D eigenvalue weighted by Gasteiger charge is 2.31. The largest absolute Gasteiger partial charge is 0.465 e. The number of amides is 1. The Balaban J connectivity index is 2.14. The summed E-state index contributed by atoms with van der Waals surface area (Å²) in [6, 6.07) is 0.213. The first-order valence-corrected chi connectivity index (χ1v) is 4.97. The third kappa shape index (κ3) is 1.77. The standard InChI is InChI=1S/C9H16N2O2/c12-9(13)11-6-7-2-1-3-8(11)5-10-4-7/h7-8,10H,1-6H2,(H,12,13). The molecule has 1 amide bonds. The zero-order chi connectivity index (χ0) is 9.26. The summed E-state index contributed by atoms with van der Waals surface area (Å²) in [6.07, 6.45) is 2.63. The van der Waals surface area contributed by atoms with Gasteiger partial charge >= 0.3 is 6.09 Å². The fraction of sp³-hybridized carbons (Fsp3) is 0.889. The molecule has 0 saturated carbocycles. The van der Waals surface area contributed by atoms with Crippen molar-refractivity contribution in [3.8, 4) is 0 Å². The van der Waals surface area contributed by atoms with Crippen molar-refractivity contribution in [2.75, 3.05) is 19.6 Å². The van der Waals surface area contributed by atoms with Gasteiger partial charge in [-0.2, -0.15) is 0 Å². The van der Waals surface area contributed by atoms with Crippen molar-refractivity contribution in [3.05, 3.63) is 0 Å². The van der Waals surface area contributed by atoms with E-state index in [1.165, 1.54) is 12.8 Å². The average molecular weight is 184 g/mol. The highest BCUT2D eigenvalue weighted by molar-refractivity contribution is 5.65. The number of hydrogen-bond donors (Lipinski definition) is 2. The second kappa shape index (κ2) is 3.54. The summed E-state index contributed by atoms with van der Waals surface area (Å²) in [6.45, 7) is 2.55. The van der Waals surface area contributed by atoms with E-state index in [0.29, 0.717) is 5.92 Å². The summed E-state index contributed by atoms with van der Waals surface area (Å²) in [5.41, 5.74) is 0. The van der Waals surface area contributed by atoms with Gasteiger partial charge in [-0.05, 0) is 25.3 Å². The molecule has 0 aromatic heterocycles. The van der Waals surface area contributed by atoms with Gasteiger partial charge in [0.15, 0.2) is 0 Å². The molecule has 0 radical (unpaired) electrons. The summed E-state index contributed by atoms with van der Waals surface area (Å²) < 4.78 is 0. The molecular formula is C9H16N2O2. The lowest BCUT2D eigenvalue weighted by molar-refractivity contribution is 0.125. The maximum Gasteiger partial charge on any atom is 0.407 e. The highest BCUT2D eigenvalue weighted by Crippen LogP contribution is 2.23. The Bertz CT molecular complexity index is 198. The SMILES string of the molecule is O=C(O)N1CC2CCCC1CNC2. The van der Waals surface area contributed by atoms with Crippen molar-refractivity contribution in [2.45, 2.75) is 25.3 Å². The van der Waals surface area contributed by atoms with Crippen LogP contribution in [0, 0.1) is 5.92 Å². The zero-order valence-corrected chi connectivity index (χ0v) is 7.70. The van der Waals surface area contributed by atoms with E-state index in [0.717, 1.165) is 26.1 Å². The lowest BCUT2D eigenvalue weighted by Crippen LogP contribution is -2.42. The van der Waals surface area contributed by atoms with Crippen LogP contribution in [0.3, 0.4) is 0 Å². The molecular weight excluding hydrogens is 168 g/mol. The van der Waals surface area contributed by atoms with Crippen LogP contribution in [0.5, 0.6) is 0 Å². The van der Waals surface area contributed by atoms with Crippen LogP contribution in [0.2, 0.25) is 0 Å². The van der Waals surface area contributed by atoms with Gasteiger partial charge in [-0.3, -0.25) is 0 Å². The van der Waals surface area contributed by atoms with E-state index in [4.69, 9.17) is 5.11 Å².